The van der Waals surface area contributed by atoms with E-state index >= 15 is 0 Å². The highest BCUT2D eigenvalue weighted by Crippen LogP contribution is 2.45. The molecule has 7 nitrogen and oxygen atoms in total. The third kappa shape index (κ3) is 4.50. The van der Waals surface area contributed by atoms with Crippen molar-refractivity contribution in [2.24, 2.45) is 0 Å². The third-order valence-electron chi connectivity index (χ3n) is 3.94. The number of rotatable bonds is 4. The van der Waals surface area contributed by atoms with Gasteiger partial charge in [-0.15, -0.1) is 0 Å². The van der Waals surface area contributed by atoms with Crippen molar-refractivity contribution < 1.29 is 46.1 Å². The minimum atomic E-state index is -5.39. The molecule has 2 aromatic rings. The summed E-state index contributed by atoms with van der Waals surface area (Å²) in [5.74, 6) is -3.05. The van der Waals surface area contributed by atoms with Gasteiger partial charge in [0.15, 0.2) is 17.5 Å². The Balaban J connectivity index is 2.75. The maximum absolute atomic E-state index is 13.6. The Morgan fingerprint density at radius 1 is 1.13 bits per heavy atom. The molecule has 0 aliphatic heterocycles. The number of aromatic nitrogens is 3. The molecule has 2 aromatic heterocycles. The maximum Gasteiger partial charge on any atom is 0.420 e. The molecule has 2 heterocycles. The number of hydrogen-bond acceptors (Lipinski definition) is 5. The van der Waals surface area contributed by atoms with E-state index in [-0.39, 0.29) is 11.8 Å². The van der Waals surface area contributed by atoms with Crippen molar-refractivity contribution in [1.82, 2.24) is 14.8 Å². The van der Waals surface area contributed by atoms with Crippen LogP contribution in [0.15, 0.2) is 12.4 Å². The Morgan fingerprint density at radius 2 is 1.70 bits per heavy atom. The second-order valence-corrected chi connectivity index (χ2v) is 7.31. The number of carbonyl (C=O) groups is 1. The van der Waals surface area contributed by atoms with E-state index in [1.54, 1.807) is 20.8 Å². The van der Waals surface area contributed by atoms with Gasteiger partial charge in [0, 0.05) is 17.3 Å². The normalized spacial score (nSPS) is 14.0. The van der Waals surface area contributed by atoms with Crippen molar-refractivity contribution in [2.45, 2.75) is 51.7 Å². The van der Waals surface area contributed by atoms with Gasteiger partial charge in [-0.1, -0.05) is 0 Å². The minimum absolute atomic E-state index is 0.146. The summed E-state index contributed by atoms with van der Waals surface area (Å²) in [7, 11) is 0. The summed E-state index contributed by atoms with van der Waals surface area (Å²) in [5.41, 5.74) is -5.05. The van der Waals surface area contributed by atoms with Gasteiger partial charge in [-0.05, 0) is 27.7 Å². The SMILES string of the molecule is Cc1c(C(=O)O)nn(C(C)(C)C)c1Oc1cncc(C(O)C(F)(F)F)c1C(F)(F)F. The molecule has 0 aromatic carbocycles. The molecular formula is C17H17F6N3O4. The fraction of sp³-hybridized carbons (Fsp3) is 0.471. The highest BCUT2D eigenvalue weighted by molar-refractivity contribution is 5.87. The van der Waals surface area contributed by atoms with Crippen LogP contribution in [0.5, 0.6) is 11.6 Å². The van der Waals surface area contributed by atoms with Crippen molar-refractivity contribution in [2.75, 3.05) is 0 Å². The van der Waals surface area contributed by atoms with Gasteiger partial charge in [-0.2, -0.15) is 31.4 Å². The molecule has 0 amide bonds. The van der Waals surface area contributed by atoms with Crippen LogP contribution < -0.4 is 4.74 Å². The molecule has 1 atom stereocenters. The largest absolute Gasteiger partial charge is 0.476 e. The topological polar surface area (TPSA) is 97.5 Å². The van der Waals surface area contributed by atoms with Crippen LogP contribution in [0.4, 0.5) is 26.3 Å². The minimum Gasteiger partial charge on any atom is -0.476 e. The summed E-state index contributed by atoms with van der Waals surface area (Å²) in [6.45, 7) is 5.91. The molecule has 0 fully saturated rings. The fourth-order valence-corrected chi connectivity index (χ4v) is 2.58. The molecule has 0 radical (unpaired) electrons. The zero-order valence-electron chi connectivity index (χ0n) is 16.1. The van der Waals surface area contributed by atoms with Gasteiger partial charge >= 0.3 is 18.3 Å². The number of aliphatic hydroxyl groups excluding tert-OH is 1. The summed E-state index contributed by atoms with van der Waals surface area (Å²) in [4.78, 5) is 14.7. The van der Waals surface area contributed by atoms with E-state index < -0.39 is 58.4 Å². The Morgan fingerprint density at radius 3 is 2.13 bits per heavy atom. The molecule has 0 saturated heterocycles. The number of alkyl halides is 6. The fourth-order valence-electron chi connectivity index (χ4n) is 2.58. The zero-order chi connectivity index (χ0) is 23.2. The molecular weight excluding hydrogens is 424 g/mol. The number of carboxylic acid groups (broad SMARTS) is 1. The highest BCUT2D eigenvalue weighted by Gasteiger charge is 2.47. The first kappa shape index (κ1) is 23.4. The predicted octanol–water partition coefficient (Wildman–Crippen LogP) is 4.45. The van der Waals surface area contributed by atoms with E-state index in [9.17, 15) is 41.4 Å². The number of ether oxygens (including phenoxy) is 1. The number of nitrogens with zero attached hydrogens (tertiary/aromatic N) is 3. The molecule has 166 valence electrons. The van der Waals surface area contributed by atoms with Gasteiger partial charge in [-0.25, -0.2) is 9.48 Å². The number of halogens is 6. The van der Waals surface area contributed by atoms with Crippen LogP contribution >= 0.6 is 0 Å². The van der Waals surface area contributed by atoms with Gasteiger partial charge in [0.25, 0.3) is 0 Å². The number of pyridine rings is 1. The molecule has 0 aliphatic rings. The molecule has 0 bridgehead atoms. The van der Waals surface area contributed by atoms with Crippen LogP contribution in [0.3, 0.4) is 0 Å². The first-order chi connectivity index (χ1) is 13.5. The average molecular weight is 441 g/mol. The summed E-state index contributed by atoms with van der Waals surface area (Å²) in [5, 5.41) is 22.5. The molecule has 2 N–H and O–H groups in total. The smallest absolute Gasteiger partial charge is 0.420 e. The van der Waals surface area contributed by atoms with Gasteiger partial charge in [0.05, 0.1) is 11.7 Å². The van der Waals surface area contributed by atoms with Gasteiger partial charge in [0.2, 0.25) is 5.88 Å². The lowest BCUT2D eigenvalue weighted by Gasteiger charge is -2.24. The Labute approximate surface area is 165 Å². The van der Waals surface area contributed by atoms with E-state index in [0.29, 0.717) is 6.20 Å². The van der Waals surface area contributed by atoms with Crippen LogP contribution in [-0.4, -0.2) is 37.1 Å². The van der Waals surface area contributed by atoms with Crippen molar-refractivity contribution in [3.8, 4) is 11.6 Å². The summed E-state index contributed by atoms with van der Waals surface area (Å²) in [6, 6.07) is 0. The molecule has 30 heavy (non-hydrogen) atoms. The van der Waals surface area contributed by atoms with Crippen molar-refractivity contribution >= 4 is 5.97 Å². The van der Waals surface area contributed by atoms with Gasteiger partial charge in [0.1, 0.15) is 5.56 Å². The van der Waals surface area contributed by atoms with Crippen molar-refractivity contribution in [1.29, 1.82) is 0 Å². The maximum atomic E-state index is 13.6. The highest BCUT2D eigenvalue weighted by atomic mass is 19.4. The van der Waals surface area contributed by atoms with Gasteiger partial charge in [-0.3, -0.25) is 4.98 Å². The van der Waals surface area contributed by atoms with E-state index in [0.717, 1.165) is 4.68 Å². The summed E-state index contributed by atoms with van der Waals surface area (Å²) < 4.78 is 85.7. The second kappa shape index (κ2) is 7.45. The Kier molecular flexibility index (Phi) is 5.82. The van der Waals surface area contributed by atoms with E-state index in [1.165, 1.54) is 6.92 Å². The van der Waals surface area contributed by atoms with E-state index in [1.807, 2.05) is 0 Å². The van der Waals surface area contributed by atoms with Gasteiger partial charge < -0.3 is 14.9 Å². The molecule has 0 spiro atoms. The number of aromatic carboxylic acids is 1. The van der Waals surface area contributed by atoms with Crippen LogP contribution in [-0.2, 0) is 11.7 Å². The number of aliphatic hydroxyl groups is 1. The lowest BCUT2D eigenvalue weighted by atomic mass is 10.0. The van der Waals surface area contributed by atoms with Crippen molar-refractivity contribution in [3.05, 3.63) is 34.8 Å². The molecule has 0 saturated carbocycles. The number of hydrogen-bond donors (Lipinski definition) is 2. The second-order valence-electron chi connectivity index (χ2n) is 7.31. The van der Waals surface area contributed by atoms with Crippen molar-refractivity contribution in [3.63, 3.8) is 0 Å². The van der Waals surface area contributed by atoms with Crippen LogP contribution in [0.1, 0.15) is 54.1 Å². The lowest BCUT2D eigenvalue weighted by Crippen LogP contribution is -2.25. The van der Waals surface area contributed by atoms with Crippen LogP contribution in [0.2, 0.25) is 0 Å². The molecule has 13 heteroatoms. The lowest BCUT2D eigenvalue weighted by molar-refractivity contribution is -0.209. The van der Waals surface area contributed by atoms with E-state index in [2.05, 4.69) is 10.1 Å². The van der Waals surface area contributed by atoms with Crippen LogP contribution in [0.25, 0.3) is 0 Å². The molecule has 0 aliphatic carbocycles. The zero-order valence-corrected chi connectivity index (χ0v) is 16.1. The average Bonchev–Trinajstić information content (AvgIpc) is 2.89. The Bertz CT molecular complexity index is 960. The first-order valence-electron chi connectivity index (χ1n) is 8.27. The third-order valence-corrected chi connectivity index (χ3v) is 3.94. The summed E-state index contributed by atoms with van der Waals surface area (Å²) >= 11 is 0. The van der Waals surface area contributed by atoms with E-state index in [4.69, 9.17) is 4.74 Å². The molecule has 2 rings (SSSR count). The number of carboxylic acids is 1. The standard InChI is InChI=1S/C17H17F6N3O4/c1-7-11(14(28)29)25-26(15(2,3)4)13(7)30-9-6-24-5-8(10(9)16(18,19)20)12(27)17(21,22)23/h5-6,12,27H,1-4H3,(H,28,29). The molecule has 1 unspecified atom stereocenters. The Hall–Kier alpha value is -2.83. The first-order valence-corrected chi connectivity index (χ1v) is 8.27. The predicted molar refractivity (Wildman–Crippen MR) is 89.2 cm³/mol. The monoisotopic (exact) mass is 441 g/mol. The quantitative estimate of drug-likeness (QED) is 0.681. The van der Waals surface area contributed by atoms with Crippen LogP contribution in [0, 0.1) is 6.92 Å². The summed E-state index contributed by atoms with van der Waals surface area (Å²) in [6.07, 6.45) is -13.4.